The Labute approximate surface area is 80.6 Å². The van der Waals surface area contributed by atoms with Gasteiger partial charge in [-0.1, -0.05) is 11.6 Å². The van der Waals surface area contributed by atoms with Crippen LogP contribution in [0, 0.1) is 10.1 Å². The fraction of sp³-hybridized carbons (Fsp3) is 0.429. The lowest BCUT2D eigenvalue weighted by atomic mass is 10.3. The molecule has 7 nitrogen and oxygen atoms in total. The minimum absolute atomic E-state index is 0.387. The summed E-state index contributed by atoms with van der Waals surface area (Å²) < 4.78 is 1.39. The summed E-state index contributed by atoms with van der Waals surface area (Å²) in [6, 6.07) is 0. The van der Waals surface area contributed by atoms with Crippen molar-refractivity contribution in [3.05, 3.63) is 28.6 Å². The lowest BCUT2D eigenvalue weighted by Crippen LogP contribution is -2.14. The Morgan fingerprint density at radius 2 is 2.57 bits per heavy atom. The zero-order chi connectivity index (χ0) is 10.6. The zero-order valence-electron chi connectivity index (χ0n) is 7.80. The molecular formula is C7H11N5O2. The molecule has 0 fully saturated rings. The van der Waals surface area contributed by atoms with Crippen molar-refractivity contribution in [1.29, 1.82) is 0 Å². The average Bonchev–Trinajstić information content (AvgIpc) is 2.53. The van der Waals surface area contributed by atoms with Crippen LogP contribution in [0.1, 0.15) is 0 Å². The van der Waals surface area contributed by atoms with E-state index in [0.29, 0.717) is 13.1 Å². The number of hydrogen-bond donors (Lipinski definition) is 1. The molecule has 7 heteroatoms. The summed E-state index contributed by atoms with van der Waals surface area (Å²) >= 11 is 0. The van der Waals surface area contributed by atoms with E-state index in [1.807, 2.05) is 0 Å². The maximum atomic E-state index is 10.3. The van der Waals surface area contributed by atoms with Crippen LogP contribution in [0.2, 0.25) is 0 Å². The summed E-state index contributed by atoms with van der Waals surface area (Å²) in [7, 11) is 1.80. The van der Waals surface area contributed by atoms with Gasteiger partial charge in [-0.3, -0.25) is 0 Å². The number of nitrogens with zero attached hydrogens (tertiary/aromatic N) is 4. The van der Waals surface area contributed by atoms with Crippen molar-refractivity contribution in [2.75, 3.05) is 13.6 Å². The van der Waals surface area contributed by atoms with E-state index < -0.39 is 4.92 Å². The van der Waals surface area contributed by atoms with Crippen LogP contribution in [0.25, 0.3) is 0 Å². The second-order valence-electron chi connectivity index (χ2n) is 2.78. The van der Waals surface area contributed by atoms with Crippen LogP contribution >= 0.6 is 0 Å². The Hall–Kier alpha value is -1.76. The molecule has 0 spiro atoms. The van der Waals surface area contributed by atoms with Crippen molar-refractivity contribution in [2.45, 2.75) is 6.54 Å². The molecule has 0 bridgehead atoms. The molecule has 1 N–H and O–H groups in total. The van der Waals surface area contributed by atoms with E-state index in [2.05, 4.69) is 22.0 Å². The third-order valence-electron chi connectivity index (χ3n) is 1.50. The molecule has 1 aromatic rings. The summed E-state index contributed by atoms with van der Waals surface area (Å²) in [6.07, 6.45) is 1.32. The zero-order valence-corrected chi connectivity index (χ0v) is 7.80. The first-order valence-electron chi connectivity index (χ1n) is 3.98. The molecule has 14 heavy (non-hydrogen) atoms. The first-order valence-corrected chi connectivity index (χ1v) is 3.98. The van der Waals surface area contributed by atoms with Gasteiger partial charge in [-0.2, -0.15) is 4.68 Å². The monoisotopic (exact) mass is 197 g/mol. The molecule has 0 atom stereocenters. The number of rotatable bonds is 5. The molecule has 0 aromatic carbocycles. The van der Waals surface area contributed by atoms with Gasteiger partial charge < -0.3 is 15.4 Å². The first kappa shape index (κ1) is 10.3. The summed E-state index contributed by atoms with van der Waals surface area (Å²) in [5.74, 6) is -0.387. The van der Waals surface area contributed by atoms with Crippen molar-refractivity contribution >= 4 is 5.95 Å². The Morgan fingerprint density at radius 3 is 3.07 bits per heavy atom. The molecule has 0 saturated carbocycles. The highest BCUT2D eigenvalue weighted by atomic mass is 16.6. The molecule has 0 radical (unpaired) electrons. The molecule has 0 aliphatic carbocycles. The maximum absolute atomic E-state index is 10.3. The van der Waals surface area contributed by atoms with Gasteiger partial charge in [-0.15, -0.1) is 0 Å². The van der Waals surface area contributed by atoms with Crippen molar-refractivity contribution < 1.29 is 4.92 Å². The molecule has 0 amide bonds. The van der Waals surface area contributed by atoms with Gasteiger partial charge in [0, 0.05) is 11.6 Å². The minimum atomic E-state index is -0.628. The number of aromatic nitrogens is 3. The molecule has 1 aromatic heterocycles. The highest BCUT2D eigenvalue weighted by Gasteiger charge is 2.12. The molecule has 0 aliphatic heterocycles. The maximum Gasteiger partial charge on any atom is 0.490 e. The summed E-state index contributed by atoms with van der Waals surface area (Å²) in [5, 5.41) is 16.8. The van der Waals surface area contributed by atoms with Crippen molar-refractivity contribution in [3.8, 4) is 0 Å². The van der Waals surface area contributed by atoms with Gasteiger partial charge in [0.15, 0.2) is 0 Å². The Bertz CT molecular complexity index is 346. The number of likely N-dealkylation sites (N-methyl/N-ethyl adjacent to an activating group) is 1. The van der Waals surface area contributed by atoms with Crippen LogP contribution in [-0.2, 0) is 6.54 Å². The highest BCUT2D eigenvalue weighted by molar-refractivity contribution is 5.01. The number of hydrogen-bond acceptors (Lipinski definition) is 5. The summed E-state index contributed by atoms with van der Waals surface area (Å²) in [6.45, 7) is 4.85. The van der Waals surface area contributed by atoms with E-state index >= 15 is 0 Å². The third kappa shape index (κ3) is 2.63. The Balaban J connectivity index is 2.59. The largest absolute Gasteiger partial charge is 0.490 e. The van der Waals surface area contributed by atoms with Gasteiger partial charge in [0.1, 0.15) is 0 Å². The fourth-order valence-corrected chi connectivity index (χ4v) is 0.980. The lowest BCUT2D eigenvalue weighted by molar-refractivity contribution is -0.394. The van der Waals surface area contributed by atoms with Crippen molar-refractivity contribution in [2.24, 2.45) is 0 Å². The van der Waals surface area contributed by atoms with Gasteiger partial charge in [0.05, 0.1) is 6.54 Å². The van der Waals surface area contributed by atoms with Crippen LogP contribution < -0.4 is 5.32 Å². The smallest absolute Gasteiger partial charge is 0.390 e. The predicted molar refractivity (Wildman–Crippen MR) is 49.7 cm³/mol. The average molecular weight is 197 g/mol. The van der Waals surface area contributed by atoms with E-state index in [4.69, 9.17) is 0 Å². The van der Waals surface area contributed by atoms with Gasteiger partial charge in [-0.25, -0.2) is 0 Å². The van der Waals surface area contributed by atoms with Crippen LogP contribution in [0.5, 0.6) is 0 Å². The normalized spacial score (nSPS) is 10.1. The van der Waals surface area contributed by atoms with Gasteiger partial charge in [0.2, 0.25) is 6.33 Å². The minimum Gasteiger partial charge on any atom is -0.390 e. The fourth-order valence-electron chi connectivity index (χ4n) is 0.980. The van der Waals surface area contributed by atoms with E-state index in [1.54, 1.807) is 7.05 Å². The summed E-state index contributed by atoms with van der Waals surface area (Å²) in [5.41, 5.74) is 0.882. The van der Waals surface area contributed by atoms with Gasteiger partial charge in [-0.05, 0) is 17.5 Å². The number of nitro groups is 1. The lowest BCUT2D eigenvalue weighted by Gasteiger charge is -2.00. The van der Waals surface area contributed by atoms with Crippen LogP contribution in [0.15, 0.2) is 18.5 Å². The Kier molecular flexibility index (Phi) is 3.29. The van der Waals surface area contributed by atoms with Gasteiger partial charge in [0.25, 0.3) is 0 Å². The second-order valence-corrected chi connectivity index (χ2v) is 2.78. The number of nitrogens with one attached hydrogen (secondary N) is 1. The molecule has 0 aliphatic rings. The molecule has 1 heterocycles. The first-order chi connectivity index (χ1) is 6.63. The standard InChI is InChI=1S/C7H11N5O2/c1-6(3-8-2)4-11-5-9-7(10-11)12(13)14/h5,8H,1,3-4H2,2H3. The van der Waals surface area contributed by atoms with Gasteiger partial charge >= 0.3 is 5.95 Å². The summed E-state index contributed by atoms with van der Waals surface area (Å²) in [4.78, 5) is 13.2. The van der Waals surface area contributed by atoms with E-state index in [1.165, 1.54) is 11.0 Å². The molecule has 1 rings (SSSR count). The topological polar surface area (TPSA) is 85.9 Å². The third-order valence-corrected chi connectivity index (χ3v) is 1.50. The molecular weight excluding hydrogens is 186 g/mol. The molecule has 76 valence electrons. The van der Waals surface area contributed by atoms with E-state index in [-0.39, 0.29) is 5.95 Å². The molecule has 0 saturated heterocycles. The highest BCUT2D eigenvalue weighted by Crippen LogP contribution is 2.01. The SMILES string of the molecule is C=C(CNC)Cn1cnc([N+](=O)[O-])n1. The van der Waals surface area contributed by atoms with E-state index in [0.717, 1.165) is 5.57 Å². The van der Waals surface area contributed by atoms with Crippen molar-refractivity contribution in [3.63, 3.8) is 0 Å². The van der Waals surface area contributed by atoms with Crippen molar-refractivity contribution in [1.82, 2.24) is 20.1 Å². The Morgan fingerprint density at radius 1 is 1.86 bits per heavy atom. The quantitative estimate of drug-likeness (QED) is 0.406. The van der Waals surface area contributed by atoms with Crippen LogP contribution in [0.4, 0.5) is 5.95 Å². The molecule has 0 unspecified atom stereocenters. The van der Waals surface area contributed by atoms with E-state index in [9.17, 15) is 10.1 Å². The van der Waals surface area contributed by atoms with Crippen LogP contribution in [0.3, 0.4) is 0 Å². The predicted octanol–water partition coefficient (Wildman–Crippen LogP) is -0.0381. The second kappa shape index (κ2) is 4.47. The van der Waals surface area contributed by atoms with Crippen LogP contribution in [-0.4, -0.2) is 33.3 Å².